The van der Waals surface area contributed by atoms with E-state index in [0.29, 0.717) is 13.2 Å². The molecule has 4 nitrogen and oxygen atoms in total. The number of carbonyl (C=O) groups excluding carboxylic acids is 1. The zero-order valence-corrected chi connectivity index (χ0v) is 16.3. The molecule has 0 amide bonds. The average molecular weight is 353 g/mol. The topological polar surface area (TPSA) is 38.8 Å². The molecule has 3 rings (SSSR count). The third-order valence-corrected chi connectivity index (χ3v) is 4.97. The smallest absolute Gasteiger partial charge is 0.161 e. The van der Waals surface area contributed by atoms with Gasteiger partial charge in [-0.05, 0) is 74.7 Å². The van der Waals surface area contributed by atoms with E-state index in [1.54, 1.807) is 6.92 Å². The molecule has 0 aromatic heterocycles. The third-order valence-electron chi connectivity index (χ3n) is 4.97. The van der Waals surface area contributed by atoms with Crippen molar-refractivity contribution in [1.29, 1.82) is 0 Å². The minimum Gasteiger partial charge on any atom is -0.486 e. The average Bonchev–Trinajstić information content (AvgIpc) is 2.58. The monoisotopic (exact) mass is 353 g/mol. The predicted molar refractivity (Wildman–Crippen MR) is 103 cm³/mol. The van der Waals surface area contributed by atoms with Crippen molar-refractivity contribution in [3.8, 4) is 11.5 Å². The highest BCUT2D eigenvalue weighted by Gasteiger charge is 2.16. The molecule has 0 saturated heterocycles. The van der Waals surface area contributed by atoms with Gasteiger partial charge in [-0.15, -0.1) is 0 Å². The van der Waals surface area contributed by atoms with Crippen molar-refractivity contribution in [2.24, 2.45) is 0 Å². The van der Waals surface area contributed by atoms with E-state index in [9.17, 15) is 4.79 Å². The Balaban J connectivity index is 1.79. The molecular weight excluding hydrogens is 326 g/mol. The normalized spacial score (nSPS) is 13.2. The Morgan fingerprint density at radius 1 is 1.00 bits per heavy atom. The number of ketones is 1. The van der Waals surface area contributed by atoms with Crippen molar-refractivity contribution in [3.05, 3.63) is 57.6 Å². The first-order chi connectivity index (χ1) is 12.4. The fraction of sp³-hybridized carbons (Fsp3) is 0.409. The van der Waals surface area contributed by atoms with Crippen LogP contribution >= 0.6 is 0 Å². The van der Waals surface area contributed by atoms with E-state index in [1.807, 2.05) is 13.0 Å². The van der Waals surface area contributed by atoms with E-state index in [4.69, 9.17) is 9.47 Å². The highest BCUT2D eigenvalue weighted by molar-refractivity contribution is 5.97. The molecule has 0 spiro atoms. The molecule has 0 atom stereocenters. The lowest BCUT2D eigenvalue weighted by atomic mass is 9.91. The number of hydrogen-bond acceptors (Lipinski definition) is 4. The molecule has 26 heavy (non-hydrogen) atoms. The van der Waals surface area contributed by atoms with E-state index < -0.39 is 0 Å². The fourth-order valence-electron chi connectivity index (χ4n) is 3.84. The number of nitrogens with zero attached hydrogens (tertiary/aromatic N) is 1. The van der Waals surface area contributed by atoms with Gasteiger partial charge in [0.2, 0.25) is 0 Å². The molecule has 0 radical (unpaired) electrons. The Morgan fingerprint density at radius 3 is 2.38 bits per heavy atom. The Morgan fingerprint density at radius 2 is 1.69 bits per heavy atom. The molecule has 4 heteroatoms. The van der Waals surface area contributed by atoms with Gasteiger partial charge >= 0.3 is 0 Å². The van der Waals surface area contributed by atoms with Gasteiger partial charge in [0.25, 0.3) is 0 Å². The van der Waals surface area contributed by atoms with Crippen LogP contribution in [-0.2, 0) is 13.1 Å². The molecule has 0 unspecified atom stereocenters. The first-order valence-corrected chi connectivity index (χ1v) is 9.04. The van der Waals surface area contributed by atoms with Gasteiger partial charge in [-0.25, -0.2) is 0 Å². The van der Waals surface area contributed by atoms with Crippen molar-refractivity contribution in [1.82, 2.24) is 4.90 Å². The van der Waals surface area contributed by atoms with Crippen LogP contribution < -0.4 is 9.47 Å². The lowest BCUT2D eigenvalue weighted by Crippen LogP contribution is -2.20. The summed E-state index contributed by atoms with van der Waals surface area (Å²) < 4.78 is 11.3. The lowest BCUT2D eigenvalue weighted by molar-refractivity contribution is 0.101. The van der Waals surface area contributed by atoms with Crippen LogP contribution in [-0.4, -0.2) is 30.9 Å². The van der Waals surface area contributed by atoms with Gasteiger partial charge in [0, 0.05) is 18.7 Å². The van der Waals surface area contributed by atoms with Crippen molar-refractivity contribution in [2.75, 3.05) is 20.3 Å². The van der Waals surface area contributed by atoms with Crippen LogP contribution in [0.15, 0.2) is 24.3 Å². The summed E-state index contributed by atoms with van der Waals surface area (Å²) in [5.74, 6) is 1.78. The number of ether oxygens (including phenoxy) is 2. The lowest BCUT2D eigenvalue weighted by Gasteiger charge is -2.23. The SMILES string of the molecule is CC(=O)c1c(C)cc(C)c(CN(C)Cc2ccc3c(c2)OCCO3)c1C. The Kier molecular flexibility index (Phi) is 5.33. The minimum absolute atomic E-state index is 0.135. The van der Waals surface area contributed by atoms with E-state index in [0.717, 1.165) is 41.3 Å². The fourth-order valence-corrected chi connectivity index (χ4v) is 3.84. The highest BCUT2D eigenvalue weighted by Crippen LogP contribution is 2.31. The summed E-state index contributed by atoms with van der Waals surface area (Å²) >= 11 is 0. The number of Topliss-reactive ketones (excluding diaryl/α,β-unsaturated/α-hetero) is 1. The highest BCUT2D eigenvalue weighted by atomic mass is 16.6. The van der Waals surface area contributed by atoms with Gasteiger partial charge in [-0.3, -0.25) is 9.69 Å². The largest absolute Gasteiger partial charge is 0.486 e. The Hall–Kier alpha value is -2.33. The van der Waals surface area contributed by atoms with Gasteiger partial charge < -0.3 is 9.47 Å². The molecule has 0 aliphatic carbocycles. The van der Waals surface area contributed by atoms with E-state index in [-0.39, 0.29) is 5.78 Å². The van der Waals surface area contributed by atoms with Crippen molar-refractivity contribution in [2.45, 2.75) is 40.8 Å². The van der Waals surface area contributed by atoms with Crippen LogP contribution in [0.3, 0.4) is 0 Å². The zero-order chi connectivity index (χ0) is 18.8. The number of benzene rings is 2. The number of hydrogen-bond donors (Lipinski definition) is 0. The van der Waals surface area contributed by atoms with Crippen LogP contribution in [0.4, 0.5) is 0 Å². The van der Waals surface area contributed by atoms with Gasteiger partial charge in [0.05, 0.1) is 0 Å². The van der Waals surface area contributed by atoms with Crippen LogP contribution in [0.1, 0.15) is 45.1 Å². The summed E-state index contributed by atoms with van der Waals surface area (Å²) in [5.41, 5.74) is 6.68. The summed E-state index contributed by atoms with van der Waals surface area (Å²) in [4.78, 5) is 14.3. The molecule has 0 fully saturated rings. The maximum absolute atomic E-state index is 12.0. The molecule has 0 bridgehead atoms. The molecule has 1 aliphatic rings. The Bertz CT molecular complexity index is 842. The van der Waals surface area contributed by atoms with Crippen molar-refractivity contribution < 1.29 is 14.3 Å². The maximum Gasteiger partial charge on any atom is 0.161 e. The first-order valence-electron chi connectivity index (χ1n) is 9.04. The molecule has 1 aliphatic heterocycles. The number of carbonyl (C=O) groups is 1. The molecular formula is C22H27NO3. The number of rotatable bonds is 5. The van der Waals surface area contributed by atoms with E-state index in [1.165, 1.54) is 16.7 Å². The first kappa shape index (κ1) is 18.5. The predicted octanol–water partition coefficient (Wildman–Crippen LogP) is 4.22. The summed E-state index contributed by atoms with van der Waals surface area (Å²) in [6.07, 6.45) is 0. The maximum atomic E-state index is 12.0. The molecule has 0 saturated carbocycles. The van der Waals surface area contributed by atoms with Gasteiger partial charge in [-0.2, -0.15) is 0 Å². The van der Waals surface area contributed by atoms with Gasteiger partial charge in [0.1, 0.15) is 13.2 Å². The molecule has 2 aromatic carbocycles. The van der Waals surface area contributed by atoms with Gasteiger partial charge in [0.15, 0.2) is 17.3 Å². The van der Waals surface area contributed by atoms with Crippen LogP contribution in [0, 0.1) is 20.8 Å². The number of fused-ring (bicyclic) bond motifs is 1. The third kappa shape index (κ3) is 3.75. The molecule has 0 N–H and O–H groups in total. The second kappa shape index (κ2) is 7.50. The van der Waals surface area contributed by atoms with Crippen molar-refractivity contribution in [3.63, 3.8) is 0 Å². The van der Waals surface area contributed by atoms with Crippen molar-refractivity contribution >= 4 is 5.78 Å². The van der Waals surface area contributed by atoms with Crippen LogP contribution in [0.5, 0.6) is 11.5 Å². The Labute approximate surface area is 155 Å². The standard InChI is InChI=1S/C22H27NO3/c1-14-10-15(2)22(17(4)24)16(3)19(14)13-23(5)12-18-6-7-20-21(11-18)26-9-8-25-20/h6-7,10-11H,8-9,12-13H2,1-5H3. The molecule has 1 heterocycles. The summed E-state index contributed by atoms with van der Waals surface area (Å²) in [6, 6.07) is 8.24. The summed E-state index contributed by atoms with van der Waals surface area (Å²) in [7, 11) is 2.10. The van der Waals surface area contributed by atoms with E-state index in [2.05, 4.69) is 44.0 Å². The van der Waals surface area contributed by atoms with Crippen LogP contribution in [0.25, 0.3) is 0 Å². The second-order valence-electron chi connectivity index (χ2n) is 7.20. The molecule has 2 aromatic rings. The van der Waals surface area contributed by atoms with Gasteiger partial charge in [-0.1, -0.05) is 12.1 Å². The number of aryl methyl sites for hydroxylation is 2. The second-order valence-corrected chi connectivity index (χ2v) is 7.20. The quantitative estimate of drug-likeness (QED) is 0.755. The zero-order valence-electron chi connectivity index (χ0n) is 16.3. The summed E-state index contributed by atoms with van der Waals surface area (Å²) in [5, 5.41) is 0. The summed E-state index contributed by atoms with van der Waals surface area (Å²) in [6.45, 7) is 10.7. The van der Waals surface area contributed by atoms with Crippen LogP contribution in [0.2, 0.25) is 0 Å². The van der Waals surface area contributed by atoms with E-state index >= 15 is 0 Å². The minimum atomic E-state index is 0.135. The molecule has 138 valence electrons.